The van der Waals surface area contributed by atoms with Crippen molar-refractivity contribution in [2.75, 3.05) is 20.2 Å². The van der Waals surface area contributed by atoms with Crippen molar-refractivity contribution in [3.8, 4) is 0 Å². The minimum absolute atomic E-state index is 0.00395. The summed E-state index contributed by atoms with van der Waals surface area (Å²) >= 11 is 0. The third kappa shape index (κ3) is 4.64. The normalized spacial score (nSPS) is 17.8. The van der Waals surface area contributed by atoms with Crippen LogP contribution in [-0.2, 0) is 22.7 Å². The van der Waals surface area contributed by atoms with Gasteiger partial charge in [-0.15, -0.1) is 0 Å². The van der Waals surface area contributed by atoms with Gasteiger partial charge in [-0.05, 0) is 30.5 Å². The highest BCUT2D eigenvalue weighted by Gasteiger charge is 2.30. The first-order valence-electron chi connectivity index (χ1n) is 8.53. The van der Waals surface area contributed by atoms with Gasteiger partial charge in [0.1, 0.15) is 0 Å². The van der Waals surface area contributed by atoms with E-state index in [9.17, 15) is 4.79 Å². The first kappa shape index (κ1) is 17.6. The van der Waals surface area contributed by atoms with Gasteiger partial charge in [-0.2, -0.15) is 4.98 Å². The number of likely N-dealkylation sites (tertiary alicyclic amines) is 1. The Morgan fingerprint density at radius 3 is 3.04 bits per heavy atom. The minimum atomic E-state index is 0.00395. The lowest BCUT2D eigenvalue weighted by Crippen LogP contribution is -2.36. The third-order valence-corrected chi connectivity index (χ3v) is 4.34. The van der Waals surface area contributed by atoms with Crippen LogP contribution in [0.3, 0.4) is 0 Å². The number of aryl methyl sites for hydroxylation is 1. The second kappa shape index (κ2) is 8.22. The van der Waals surface area contributed by atoms with Crippen LogP contribution in [0, 0.1) is 6.92 Å². The second-order valence-corrected chi connectivity index (χ2v) is 6.33. The zero-order chi connectivity index (χ0) is 17.6. The minimum Gasteiger partial charge on any atom is -0.380 e. The van der Waals surface area contributed by atoms with Crippen molar-refractivity contribution < 1.29 is 14.1 Å². The molecule has 1 amide bonds. The molecule has 0 aliphatic carbocycles. The Hall–Kier alpha value is -2.25. The molecule has 0 spiro atoms. The van der Waals surface area contributed by atoms with Crippen LogP contribution in [-0.4, -0.2) is 41.1 Å². The van der Waals surface area contributed by atoms with Crippen LogP contribution < -0.4 is 5.32 Å². The molecule has 0 saturated carbocycles. The van der Waals surface area contributed by atoms with Gasteiger partial charge < -0.3 is 14.6 Å². The van der Waals surface area contributed by atoms with Gasteiger partial charge in [-0.1, -0.05) is 29.4 Å². The lowest BCUT2D eigenvalue weighted by molar-refractivity contribution is -0.122. The molecule has 1 N–H and O–H groups in total. The average Bonchev–Trinajstić information content (AvgIpc) is 3.22. The predicted octanol–water partition coefficient (Wildman–Crippen LogP) is 1.98. The Morgan fingerprint density at radius 2 is 2.28 bits per heavy atom. The molecule has 1 atom stereocenters. The monoisotopic (exact) mass is 344 g/mol. The summed E-state index contributed by atoms with van der Waals surface area (Å²) in [5.74, 6) is 1.24. The molecule has 0 unspecified atom stereocenters. The molecule has 1 aromatic heterocycles. The summed E-state index contributed by atoms with van der Waals surface area (Å²) in [6.07, 6.45) is 1.98. The van der Waals surface area contributed by atoms with E-state index in [1.807, 2.05) is 24.3 Å². The number of amides is 1. The summed E-state index contributed by atoms with van der Waals surface area (Å²) in [7, 11) is 1.67. The molecule has 134 valence electrons. The Labute approximate surface area is 147 Å². The lowest BCUT2D eigenvalue weighted by atomic mass is 10.1. The smallest absolute Gasteiger partial charge is 0.234 e. The van der Waals surface area contributed by atoms with Crippen molar-refractivity contribution in [2.45, 2.75) is 39.0 Å². The van der Waals surface area contributed by atoms with Gasteiger partial charge in [0.15, 0.2) is 5.82 Å². The molecular weight excluding hydrogens is 320 g/mol. The Kier molecular flexibility index (Phi) is 5.78. The standard InChI is InChI=1S/C18H24N4O3/c1-13-20-18(21-25-13)16-7-4-8-22(16)11-17(23)19-10-14-5-3-6-15(9-14)12-24-2/h3,5-6,9,16H,4,7-8,10-12H2,1-2H3,(H,19,23)/t16-/m1/s1. The number of rotatable bonds is 7. The molecule has 1 aromatic carbocycles. The molecule has 1 fully saturated rings. The fourth-order valence-electron chi connectivity index (χ4n) is 3.20. The van der Waals surface area contributed by atoms with Crippen molar-refractivity contribution in [2.24, 2.45) is 0 Å². The third-order valence-electron chi connectivity index (χ3n) is 4.34. The van der Waals surface area contributed by atoms with Gasteiger partial charge in [0.05, 0.1) is 19.2 Å². The van der Waals surface area contributed by atoms with E-state index in [2.05, 4.69) is 20.4 Å². The molecule has 1 aliphatic heterocycles. The topological polar surface area (TPSA) is 80.5 Å². The van der Waals surface area contributed by atoms with E-state index in [0.717, 1.165) is 30.5 Å². The first-order valence-corrected chi connectivity index (χ1v) is 8.53. The number of hydrogen-bond acceptors (Lipinski definition) is 6. The predicted molar refractivity (Wildman–Crippen MR) is 91.6 cm³/mol. The maximum atomic E-state index is 12.3. The van der Waals surface area contributed by atoms with Gasteiger partial charge >= 0.3 is 0 Å². The van der Waals surface area contributed by atoms with Crippen LogP contribution in [0.1, 0.15) is 41.7 Å². The van der Waals surface area contributed by atoms with Crippen molar-refractivity contribution in [3.05, 3.63) is 47.1 Å². The summed E-state index contributed by atoms with van der Waals surface area (Å²) in [5.41, 5.74) is 2.16. The number of carbonyl (C=O) groups is 1. The number of nitrogens with one attached hydrogen (secondary N) is 1. The Bertz CT molecular complexity index is 716. The van der Waals surface area contributed by atoms with E-state index in [1.165, 1.54) is 0 Å². The highest BCUT2D eigenvalue weighted by atomic mass is 16.5. The van der Waals surface area contributed by atoms with Crippen LogP contribution in [0.2, 0.25) is 0 Å². The van der Waals surface area contributed by atoms with E-state index in [4.69, 9.17) is 9.26 Å². The molecule has 7 nitrogen and oxygen atoms in total. The Morgan fingerprint density at radius 1 is 1.44 bits per heavy atom. The molecule has 2 aromatic rings. The summed E-state index contributed by atoms with van der Waals surface area (Å²) < 4.78 is 10.2. The number of hydrogen-bond donors (Lipinski definition) is 1. The van der Waals surface area contributed by atoms with Crippen LogP contribution in [0.5, 0.6) is 0 Å². The van der Waals surface area contributed by atoms with Gasteiger partial charge in [-0.25, -0.2) is 0 Å². The van der Waals surface area contributed by atoms with Gasteiger partial charge in [0.25, 0.3) is 0 Å². The van der Waals surface area contributed by atoms with E-state index >= 15 is 0 Å². The fourth-order valence-corrected chi connectivity index (χ4v) is 3.20. The zero-order valence-electron chi connectivity index (χ0n) is 14.7. The highest BCUT2D eigenvalue weighted by molar-refractivity contribution is 5.78. The molecule has 0 bridgehead atoms. The van der Waals surface area contributed by atoms with E-state index < -0.39 is 0 Å². The zero-order valence-corrected chi connectivity index (χ0v) is 14.7. The van der Waals surface area contributed by atoms with Crippen LogP contribution >= 0.6 is 0 Å². The Balaban J connectivity index is 1.52. The van der Waals surface area contributed by atoms with Gasteiger partial charge in [-0.3, -0.25) is 9.69 Å². The lowest BCUT2D eigenvalue weighted by Gasteiger charge is -2.21. The second-order valence-electron chi connectivity index (χ2n) is 6.33. The molecule has 1 saturated heterocycles. The average molecular weight is 344 g/mol. The molecule has 2 heterocycles. The number of ether oxygens (including phenoxy) is 1. The number of carbonyl (C=O) groups excluding carboxylic acids is 1. The molecule has 25 heavy (non-hydrogen) atoms. The number of nitrogens with zero attached hydrogens (tertiary/aromatic N) is 3. The maximum Gasteiger partial charge on any atom is 0.234 e. The molecule has 3 rings (SSSR count). The van der Waals surface area contributed by atoms with Crippen molar-refractivity contribution in [3.63, 3.8) is 0 Å². The number of benzene rings is 1. The summed E-state index contributed by atoms with van der Waals surface area (Å²) in [6.45, 7) is 4.07. The van der Waals surface area contributed by atoms with Crippen LogP contribution in [0.15, 0.2) is 28.8 Å². The van der Waals surface area contributed by atoms with E-state index in [-0.39, 0.29) is 11.9 Å². The summed E-state index contributed by atoms with van der Waals surface area (Å²) in [6, 6.07) is 8.10. The molecule has 7 heteroatoms. The van der Waals surface area contributed by atoms with Crippen LogP contribution in [0.25, 0.3) is 0 Å². The highest BCUT2D eigenvalue weighted by Crippen LogP contribution is 2.29. The van der Waals surface area contributed by atoms with Crippen molar-refractivity contribution in [1.82, 2.24) is 20.4 Å². The van der Waals surface area contributed by atoms with Gasteiger partial charge in [0, 0.05) is 20.6 Å². The quantitative estimate of drug-likeness (QED) is 0.827. The van der Waals surface area contributed by atoms with E-state index in [1.54, 1.807) is 14.0 Å². The largest absolute Gasteiger partial charge is 0.380 e. The van der Waals surface area contributed by atoms with Crippen LogP contribution in [0.4, 0.5) is 0 Å². The van der Waals surface area contributed by atoms with Gasteiger partial charge in [0.2, 0.25) is 11.8 Å². The summed E-state index contributed by atoms with van der Waals surface area (Å²) in [4.78, 5) is 18.7. The SMILES string of the molecule is COCc1cccc(CNC(=O)CN2CCC[C@@H]2c2noc(C)n2)c1. The summed E-state index contributed by atoms with van der Waals surface area (Å²) in [5, 5.41) is 6.99. The van der Waals surface area contributed by atoms with Crippen molar-refractivity contribution in [1.29, 1.82) is 0 Å². The maximum absolute atomic E-state index is 12.3. The molecular formula is C18H24N4O3. The van der Waals surface area contributed by atoms with Crippen molar-refractivity contribution >= 4 is 5.91 Å². The molecule has 0 radical (unpaired) electrons. The van der Waals surface area contributed by atoms with E-state index in [0.29, 0.717) is 31.4 Å². The number of methoxy groups -OCH3 is 1. The molecule has 1 aliphatic rings. The first-order chi connectivity index (χ1) is 12.2. The fraction of sp³-hybridized carbons (Fsp3) is 0.500. The number of aromatic nitrogens is 2.